The lowest BCUT2D eigenvalue weighted by molar-refractivity contribution is 0.632. The van der Waals surface area contributed by atoms with Crippen molar-refractivity contribution in [3.8, 4) is 0 Å². The number of hydrogen-bond acceptors (Lipinski definition) is 1. The molecule has 2 rings (SSSR count). The van der Waals surface area contributed by atoms with Crippen LogP contribution in [0.15, 0.2) is 53.5 Å². The van der Waals surface area contributed by atoms with E-state index in [-0.39, 0.29) is 5.82 Å². The molecule has 0 radical (unpaired) electrons. The summed E-state index contributed by atoms with van der Waals surface area (Å²) in [5, 5.41) is 3.03. The Morgan fingerprint density at radius 1 is 1.06 bits per heavy atom. The van der Waals surface area contributed by atoms with Crippen LogP contribution in [0, 0.1) is 12.7 Å². The predicted molar refractivity (Wildman–Crippen MR) is 73.7 cm³/mol. The van der Waals surface area contributed by atoms with Crippen LogP contribution in [0.1, 0.15) is 11.1 Å². The average molecular weight is 242 g/mol. The van der Waals surface area contributed by atoms with Crippen LogP contribution in [0.25, 0.3) is 0 Å². The molecule has 0 bridgehead atoms. The van der Waals surface area contributed by atoms with Gasteiger partial charge in [0.1, 0.15) is 11.7 Å². The van der Waals surface area contributed by atoms with Crippen molar-refractivity contribution in [3.63, 3.8) is 0 Å². The molecule has 0 unspecified atom stereocenters. The van der Waals surface area contributed by atoms with Gasteiger partial charge in [0.15, 0.2) is 0 Å². The molecule has 18 heavy (non-hydrogen) atoms. The number of anilines is 1. The molecule has 0 fully saturated rings. The Hall–Kier alpha value is -2.16. The van der Waals surface area contributed by atoms with Gasteiger partial charge in [0, 0.05) is 12.6 Å². The van der Waals surface area contributed by atoms with E-state index < -0.39 is 0 Å². The number of nitrogens with zero attached hydrogens (tertiary/aromatic N) is 1. The Morgan fingerprint density at radius 3 is 2.39 bits per heavy atom. The van der Waals surface area contributed by atoms with Gasteiger partial charge in [-0.05, 0) is 24.6 Å². The topological polar surface area (TPSA) is 24.4 Å². The van der Waals surface area contributed by atoms with Crippen LogP contribution in [0.5, 0.6) is 0 Å². The van der Waals surface area contributed by atoms with Crippen LogP contribution < -0.4 is 5.32 Å². The summed E-state index contributed by atoms with van der Waals surface area (Å²) in [6.07, 6.45) is 0. The van der Waals surface area contributed by atoms with Crippen molar-refractivity contribution < 1.29 is 4.39 Å². The summed E-state index contributed by atoms with van der Waals surface area (Å²) in [6, 6.07) is 14.4. The van der Waals surface area contributed by atoms with Crippen LogP contribution >= 0.6 is 0 Å². The van der Waals surface area contributed by atoms with Gasteiger partial charge in [0.05, 0.1) is 5.69 Å². The maximum atomic E-state index is 13.6. The first-order valence-electron chi connectivity index (χ1n) is 5.76. The van der Waals surface area contributed by atoms with Gasteiger partial charge in [-0.2, -0.15) is 0 Å². The van der Waals surface area contributed by atoms with Crippen LogP contribution in [0.2, 0.25) is 0 Å². The second-order valence-corrected chi connectivity index (χ2v) is 3.99. The Bertz CT molecular complexity index is 576. The van der Waals surface area contributed by atoms with Gasteiger partial charge in [0.2, 0.25) is 0 Å². The smallest absolute Gasteiger partial charge is 0.146 e. The fraction of sp³-hybridized carbons (Fsp3) is 0.133. The minimum Gasteiger partial charge on any atom is -0.338 e. The van der Waals surface area contributed by atoms with Crippen molar-refractivity contribution in [1.29, 1.82) is 0 Å². The fourth-order valence-electron chi connectivity index (χ4n) is 1.77. The summed E-state index contributed by atoms with van der Waals surface area (Å²) in [5.74, 6) is 0.380. The van der Waals surface area contributed by atoms with Gasteiger partial charge in [-0.1, -0.05) is 36.4 Å². The molecule has 3 heteroatoms. The van der Waals surface area contributed by atoms with Crippen molar-refractivity contribution in [1.82, 2.24) is 0 Å². The molecule has 0 aliphatic carbocycles. The van der Waals surface area contributed by atoms with E-state index in [0.29, 0.717) is 11.5 Å². The largest absolute Gasteiger partial charge is 0.338 e. The highest BCUT2D eigenvalue weighted by molar-refractivity contribution is 6.09. The highest BCUT2D eigenvalue weighted by Crippen LogP contribution is 2.16. The van der Waals surface area contributed by atoms with E-state index in [9.17, 15) is 4.39 Å². The van der Waals surface area contributed by atoms with E-state index in [1.165, 1.54) is 6.07 Å². The molecule has 0 heterocycles. The Morgan fingerprint density at radius 2 is 1.72 bits per heavy atom. The lowest BCUT2D eigenvalue weighted by Gasteiger charge is -2.12. The number of hydrogen-bond donors (Lipinski definition) is 1. The van der Waals surface area contributed by atoms with Crippen molar-refractivity contribution in [2.45, 2.75) is 6.92 Å². The number of rotatable bonds is 2. The number of benzene rings is 2. The molecule has 2 aromatic rings. The SMILES string of the molecule is CN=C(Nc1ccccc1F)c1ccccc1C. The molecule has 0 aromatic heterocycles. The summed E-state index contributed by atoms with van der Waals surface area (Å²) < 4.78 is 13.6. The molecule has 0 saturated heterocycles. The molecule has 0 aliphatic heterocycles. The average Bonchev–Trinajstić information content (AvgIpc) is 2.39. The Labute approximate surface area is 106 Å². The number of aryl methyl sites for hydroxylation is 1. The van der Waals surface area contributed by atoms with E-state index in [0.717, 1.165) is 11.1 Å². The number of amidine groups is 1. The van der Waals surface area contributed by atoms with Crippen molar-refractivity contribution in [3.05, 3.63) is 65.5 Å². The third-order valence-electron chi connectivity index (χ3n) is 2.75. The van der Waals surface area contributed by atoms with E-state index in [4.69, 9.17) is 0 Å². The molecule has 2 nitrogen and oxygen atoms in total. The molecule has 0 aliphatic rings. The van der Waals surface area contributed by atoms with Crippen LogP contribution in [0.3, 0.4) is 0 Å². The summed E-state index contributed by atoms with van der Waals surface area (Å²) in [7, 11) is 1.69. The van der Waals surface area contributed by atoms with Crippen molar-refractivity contribution in [2.75, 3.05) is 12.4 Å². The minimum atomic E-state index is -0.285. The lowest BCUT2D eigenvalue weighted by atomic mass is 10.1. The van der Waals surface area contributed by atoms with E-state index >= 15 is 0 Å². The third kappa shape index (κ3) is 2.56. The molecule has 0 amide bonds. The van der Waals surface area contributed by atoms with Gasteiger partial charge in [-0.25, -0.2) is 4.39 Å². The molecule has 92 valence electrons. The quantitative estimate of drug-likeness (QED) is 0.631. The summed E-state index contributed by atoms with van der Waals surface area (Å²) in [6.45, 7) is 2.00. The molecule has 0 spiro atoms. The highest BCUT2D eigenvalue weighted by Gasteiger charge is 2.08. The highest BCUT2D eigenvalue weighted by atomic mass is 19.1. The first-order chi connectivity index (χ1) is 8.72. The van der Waals surface area contributed by atoms with E-state index in [1.807, 2.05) is 31.2 Å². The van der Waals surface area contributed by atoms with E-state index in [1.54, 1.807) is 25.2 Å². The predicted octanol–water partition coefficient (Wildman–Crippen LogP) is 3.62. The van der Waals surface area contributed by atoms with Gasteiger partial charge in [0.25, 0.3) is 0 Å². The van der Waals surface area contributed by atoms with E-state index in [2.05, 4.69) is 10.3 Å². The van der Waals surface area contributed by atoms with Gasteiger partial charge in [-0.15, -0.1) is 0 Å². The van der Waals surface area contributed by atoms with Crippen molar-refractivity contribution >= 4 is 11.5 Å². The number of nitrogens with one attached hydrogen (secondary N) is 1. The zero-order valence-electron chi connectivity index (χ0n) is 10.4. The summed E-state index contributed by atoms with van der Waals surface area (Å²) in [5.41, 5.74) is 2.51. The van der Waals surface area contributed by atoms with Crippen molar-refractivity contribution in [2.24, 2.45) is 4.99 Å². The van der Waals surface area contributed by atoms with Crippen LogP contribution in [0.4, 0.5) is 10.1 Å². The van der Waals surface area contributed by atoms with Gasteiger partial charge >= 0.3 is 0 Å². The van der Waals surface area contributed by atoms with Gasteiger partial charge in [-0.3, -0.25) is 4.99 Å². The van der Waals surface area contributed by atoms with Gasteiger partial charge < -0.3 is 5.32 Å². The number of para-hydroxylation sites is 1. The number of aliphatic imine (C=N–C) groups is 1. The maximum Gasteiger partial charge on any atom is 0.146 e. The summed E-state index contributed by atoms with van der Waals surface area (Å²) >= 11 is 0. The second-order valence-electron chi connectivity index (χ2n) is 3.99. The minimum absolute atomic E-state index is 0.285. The first-order valence-corrected chi connectivity index (χ1v) is 5.76. The molecule has 0 atom stereocenters. The zero-order valence-corrected chi connectivity index (χ0v) is 10.4. The normalized spacial score (nSPS) is 11.4. The first kappa shape index (κ1) is 12.3. The number of halogens is 1. The fourth-order valence-corrected chi connectivity index (χ4v) is 1.77. The molecule has 1 N–H and O–H groups in total. The van der Waals surface area contributed by atoms with Crippen LogP contribution in [-0.2, 0) is 0 Å². The second kappa shape index (κ2) is 5.45. The molecule has 0 saturated carbocycles. The molecular weight excluding hydrogens is 227 g/mol. The lowest BCUT2D eigenvalue weighted by Crippen LogP contribution is -2.15. The van der Waals surface area contributed by atoms with Crippen LogP contribution in [-0.4, -0.2) is 12.9 Å². The standard InChI is InChI=1S/C15H15FN2/c1-11-7-3-4-8-12(11)15(17-2)18-14-10-6-5-9-13(14)16/h3-10H,1-2H3,(H,17,18). The summed E-state index contributed by atoms with van der Waals surface area (Å²) in [4.78, 5) is 4.19. The Balaban J connectivity index is 2.33. The maximum absolute atomic E-state index is 13.6. The monoisotopic (exact) mass is 242 g/mol. The third-order valence-corrected chi connectivity index (χ3v) is 2.75. The molecule has 2 aromatic carbocycles. The Kier molecular flexibility index (Phi) is 3.72. The molecular formula is C15H15FN2. The zero-order chi connectivity index (χ0) is 13.0.